The molecule has 0 radical (unpaired) electrons. The first kappa shape index (κ1) is 94.0. The number of ether oxygens (including phenoxy) is 6. The number of rotatable bonds is 19. The van der Waals surface area contributed by atoms with Gasteiger partial charge in [-0.15, -0.1) is 0 Å². The number of imidazole rings is 4. The first-order valence-corrected chi connectivity index (χ1v) is 51.1. The van der Waals surface area contributed by atoms with Gasteiger partial charge in [-0.2, -0.15) is 0 Å². The lowest BCUT2D eigenvalue weighted by atomic mass is 9.95. The number of nitrogens with zero attached hydrogens (tertiary/aromatic N) is 16. The average Bonchev–Trinajstić information content (AvgIpc) is 1.63. The van der Waals surface area contributed by atoms with Gasteiger partial charge in [-0.05, 0) is 228 Å². The van der Waals surface area contributed by atoms with Crippen LogP contribution in [-0.4, -0.2) is 166 Å². The fourth-order valence-corrected chi connectivity index (χ4v) is 22.3. The monoisotopic (exact) mass is 1950 g/mol. The van der Waals surface area contributed by atoms with Crippen LogP contribution < -0.4 is 53.3 Å². The zero-order valence-electron chi connectivity index (χ0n) is 84.0. The van der Waals surface area contributed by atoms with Gasteiger partial charge in [-0.3, -0.25) is 14.8 Å². The third kappa shape index (κ3) is 19.8. The number of amides is 1. The number of hydrogen-bond acceptors (Lipinski definition) is 23. The molecule has 5 N–H and O–H groups in total. The van der Waals surface area contributed by atoms with E-state index in [0.717, 1.165) is 300 Å². The minimum absolute atomic E-state index is 0.0609. The molecule has 0 saturated carbocycles. The molecule has 28 nitrogen and oxygen atoms in total. The minimum Gasteiger partial charge on any atom is -0.481 e. The fraction of sp³-hybridized carbons (Fsp3) is 0.286. The predicted molar refractivity (Wildman–Crippen MR) is 576 cm³/mol. The molecule has 0 bridgehead atoms. The highest BCUT2D eigenvalue weighted by Gasteiger charge is 2.36. The van der Waals surface area contributed by atoms with Crippen LogP contribution in [0.1, 0.15) is 201 Å². The number of pyridine rings is 4. The van der Waals surface area contributed by atoms with Crippen LogP contribution >= 0.6 is 0 Å². The standard InChI is InChI=1S/C31H31N5O.C30H29N5O2.C29H28N6O3.C29H29N5O/c1-20-30(22-7-4-3-5-8-22)35-31(33-20)23-12-15-36(16-13-23)29-11-14-32-28-19-25(18-27(28)29)24-9-6-10-26(17-24)34-21(2)37;1-18-3-5-20(6-4-18)23-13-24-25(14-23)31-16-32-30(24)35-11-9-21(10-12-35)29-33-19(2)28(34-29)22-7-8-26-27(15-22)37-17-36-26;1-17-27(20-3-4-24-25(13-20)38-16-37-24)34-28(33-17)18-6-9-35(10-7-18)29-22-11-21(12-23(22)31-15-32-29)19-5-8-30-26(14-19)36-2;1-19-28(20-6-4-3-5-7-20)33-29(32-19)21-11-14-34(15-12-21)26-10-13-30-25-17-23(16-24(25)26)22-8-9-27(35-2)31-18-22/h3-11,14,17-18,23H,12-13,15-16,19H2,1-2H3,(H,33,35)(H,34,37);3-8,13,15-16,21H,9-12,14,17H2,1-2H3,(H,33,34);3-5,8,11,13-15,18H,6-7,9-10,12,16H2,1-2H3,(H,33,34);3-10,13,16,18,21H,11-12,14-15,17H2,1-2H3,(H,32,33). The molecule has 0 atom stereocenters. The van der Waals surface area contributed by atoms with E-state index in [4.69, 9.17) is 63.3 Å². The largest absolute Gasteiger partial charge is 0.481 e. The van der Waals surface area contributed by atoms with Crippen molar-refractivity contribution in [3.8, 4) is 79.8 Å². The maximum Gasteiger partial charge on any atom is 0.231 e. The molecule has 6 aliphatic heterocycles. The molecule has 10 aliphatic rings. The van der Waals surface area contributed by atoms with Gasteiger partial charge in [0.05, 0.1) is 59.8 Å². The van der Waals surface area contributed by atoms with Crippen molar-refractivity contribution in [3.05, 3.63) is 338 Å². The first-order valence-electron chi connectivity index (χ1n) is 51.1. The number of carbonyl (C=O) groups is 1. The number of methoxy groups -OCH3 is 2. The van der Waals surface area contributed by atoms with Crippen LogP contribution in [0, 0.1) is 34.6 Å². The Bertz CT molecular complexity index is 7720. The average molecular weight is 1950 g/mol. The number of benzene rings is 6. The lowest BCUT2D eigenvalue weighted by Crippen LogP contribution is -2.34. The number of H-pyrrole nitrogens is 4. The highest BCUT2D eigenvalue weighted by atomic mass is 16.7. The summed E-state index contributed by atoms with van der Waals surface area (Å²) in [4.78, 5) is 92.3. The van der Waals surface area contributed by atoms with Crippen LogP contribution in [0.4, 0.5) is 28.7 Å². The topological polar surface area (TPSA) is 315 Å². The van der Waals surface area contributed by atoms with Crippen LogP contribution in [0.5, 0.6) is 34.8 Å². The Balaban J connectivity index is 0.000000108. The van der Waals surface area contributed by atoms with E-state index in [1.165, 1.54) is 74.0 Å². The van der Waals surface area contributed by atoms with Gasteiger partial charge in [-0.25, -0.2) is 49.8 Å². The second-order valence-corrected chi connectivity index (χ2v) is 39.5. The summed E-state index contributed by atoms with van der Waals surface area (Å²) in [5.74, 6) is 12.4. The summed E-state index contributed by atoms with van der Waals surface area (Å²) in [5, 5.41) is 2.89. The van der Waals surface area contributed by atoms with E-state index >= 15 is 0 Å². The molecule has 147 heavy (non-hydrogen) atoms. The number of aryl methyl sites for hydroxylation is 5. The van der Waals surface area contributed by atoms with Crippen LogP contribution in [0.15, 0.2) is 219 Å². The number of anilines is 5. The number of allylic oxidation sites excluding steroid dienone is 4. The van der Waals surface area contributed by atoms with E-state index in [-0.39, 0.29) is 19.5 Å². The number of carbonyl (C=O) groups excluding carboxylic acids is 1. The molecular weight excluding hydrogens is 1840 g/mol. The van der Waals surface area contributed by atoms with Crippen molar-refractivity contribution in [1.82, 2.24) is 79.7 Å². The van der Waals surface area contributed by atoms with Crippen molar-refractivity contribution in [2.75, 3.05) is 105 Å². The molecule has 4 saturated heterocycles. The number of aromatic nitrogens is 16. The number of nitrogens with one attached hydrogen (secondary N) is 5. The van der Waals surface area contributed by atoms with E-state index in [1.807, 2.05) is 97.5 Å². The summed E-state index contributed by atoms with van der Waals surface area (Å²) >= 11 is 0. The molecule has 0 unspecified atom stereocenters. The Morgan fingerprint density at radius 2 is 0.721 bits per heavy atom. The maximum absolute atomic E-state index is 11.5. The molecule has 4 aliphatic carbocycles. The second kappa shape index (κ2) is 41.2. The number of hydrogen-bond donors (Lipinski definition) is 5. The smallest absolute Gasteiger partial charge is 0.231 e. The Kier molecular flexibility index (Phi) is 26.4. The van der Waals surface area contributed by atoms with Gasteiger partial charge in [0, 0.05) is 230 Å². The third-order valence-corrected chi connectivity index (χ3v) is 30.1. The molecule has 26 rings (SSSR count). The van der Waals surface area contributed by atoms with Crippen molar-refractivity contribution in [1.29, 1.82) is 0 Å². The molecule has 740 valence electrons. The van der Waals surface area contributed by atoms with Gasteiger partial charge in [0.25, 0.3) is 0 Å². The lowest BCUT2D eigenvalue weighted by Gasteiger charge is -2.33. The van der Waals surface area contributed by atoms with Crippen LogP contribution in [0.3, 0.4) is 0 Å². The minimum atomic E-state index is -0.0609. The van der Waals surface area contributed by atoms with Gasteiger partial charge in [0.15, 0.2) is 23.0 Å². The summed E-state index contributed by atoms with van der Waals surface area (Å²) in [5.41, 5.74) is 36.4. The van der Waals surface area contributed by atoms with E-state index in [9.17, 15) is 4.79 Å². The molecule has 28 heteroatoms. The van der Waals surface area contributed by atoms with E-state index in [2.05, 4.69) is 232 Å². The van der Waals surface area contributed by atoms with E-state index in [0.29, 0.717) is 35.4 Å². The Morgan fingerprint density at radius 1 is 0.340 bits per heavy atom. The van der Waals surface area contributed by atoms with Crippen molar-refractivity contribution < 1.29 is 33.2 Å². The molecule has 0 spiro atoms. The molecular formula is C119H117N21O7. The van der Waals surface area contributed by atoms with Crippen LogP contribution in [0.2, 0.25) is 0 Å². The van der Waals surface area contributed by atoms with Gasteiger partial charge in [-0.1, -0.05) is 103 Å². The van der Waals surface area contributed by atoms with E-state index in [1.54, 1.807) is 33.1 Å². The van der Waals surface area contributed by atoms with Crippen molar-refractivity contribution in [2.24, 2.45) is 0 Å². The normalized spacial score (nSPS) is 16.1. The van der Waals surface area contributed by atoms with Crippen molar-refractivity contribution in [2.45, 2.75) is 142 Å². The molecule has 16 heterocycles. The Hall–Kier alpha value is -16.7. The van der Waals surface area contributed by atoms with Gasteiger partial charge in [0.1, 0.15) is 47.6 Å². The quantitative estimate of drug-likeness (QED) is 0.0502. The SMILES string of the molecule is CC(=O)Nc1cccc(C2=Cc3c(N4CCC(c5nc(-c6ccccc6)c(C)[nH]5)CC4)ccnc3C2)c1.COc1cc(C2=Cc3c(ncnc3N3CCC(c4nc(-c5ccc6c(c5)OCO6)c(C)[nH]4)CC3)C2)ccn1.COc1ccc(C2=Cc3c(N4CCC(c5nc(-c6ccccc6)c(C)[nH]5)CC4)ccnc3C2)cn1.Cc1ccc(C2=Cc3c(ncnc3N3CCC(c4nc(-c5ccc6c(c5)OCO6)c(C)[nH]4)CC3)C2)cc1. The number of fused-ring (bicyclic) bond motifs is 6. The molecule has 4 fully saturated rings. The highest BCUT2D eigenvalue weighted by Crippen LogP contribution is 2.47. The first-order chi connectivity index (χ1) is 72.0. The van der Waals surface area contributed by atoms with Crippen molar-refractivity contribution >= 4 is 81.2 Å². The summed E-state index contributed by atoms with van der Waals surface area (Å²) < 4.78 is 32.6. The third-order valence-electron chi connectivity index (χ3n) is 30.1. The highest BCUT2D eigenvalue weighted by molar-refractivity contribution is 5.96. The van der Waals surface area contributed by atoms with Crippen LogP contribution in [-0.2, 0) is 30.5 Å². The molecule has 10 aromatic heterocycles. The summed E-state index contributed by atoms with van der Waals surface area (Å²) in [6.07, 6.45) is 31.7. The summed E-state index contributed by atoms with van der Waals surface area (Å²) in [6.45, 7) is 20.3. The summed E-state index contributed by atoms with van der Waals surface area (Å²) in [7, 11) is 3.28. The predicted octanol–water partition coefficient (Wildman–Crippen LogP) is 22.4. The number of piperidine rings is 4. The molecule has 6 aromatic carbocycles. The van der Waals surface area contributed by atoms with Gasteiger partial charge in [0.2, 0.25) is 31.3 Å². The lowest BCUT2D eigenvalue weighted by molar-refractivity contribution is -0.114. The summed E-state index contributed by atoms with van der Waals surface area (Å²) in [6, 6.07) is 62.0. The zero-order valence-corrected chi connectivity index (χ0v) is 84.0. The Morgan fingerprint density at radius 3 is 1.16 bits per heavy atom. The van der Waals surface area contributed by atoms with Gasteiger partial charge < -0.3 is 73.3 Å². The maximum atomic E-state index is 11.5. The number of aromatic amines is 4. The van der Waals surface area contributed by atoms with Gasteiger partial charge >= 0.3 is 0 Å². The van der Waals surface area contributed by atoms with Crippen LogP contribution in [0.25, 0.3) is 91.6 Å². The molecule has 1 amide bonds. The fourth-order valence-electron chi connectivity index (χ4n) is 22.3. The van der Waals surface area contributed by atoms with Crippen molar-refractivity contribution in [3.63, 3.8) is 0 Å². The Labute approximate surface area is 854 Å². The van der Waals surface area contributed by atoms with E-state index < -0.39 is 0 Å². The zero-order chi connectivity index (χ0) is 99.7. The molecule has 16 aromatic rings. The second-order valence-electron chi connectivity index (χ2n) is 39.5.